The summed E-state index contributed by atoms with van der Waals surface area (Å²) in [6.07, 6.45) is 0. The molecule has 0 fully saturated rings. The van der Waals surface area contributed by atoms with Crippen molar-refractivity contribution in [2.24, 2.45) is 0 Å². The zero-order chi connectivity index (χ0) is 10.8. The van der Waals surface area contributed by atoms with Gasteiger partial charge in [-0.05, 0) is 38.0 Å². The maximum atomic E-state index is 11.6. The van der Waals surface area contributed by atoms with Crippen molar-refractivity contribution in [1.29, 1.82) is 0 Å². The quantitative estimate of drug-likeness (QED) is 0.723. The van der Waals surface area contributed by atoms with Crippen LogP contribution >= 0.6 is 0 Å². The molecule has 0 amide bonds. The van der Waals surface area contributed by atoms with Crippen LogP contribution < -0.4 is 0 Å². The first-order valence-corrected chi connectivity index (χ1v) is 5.85. The van der Waals surface area contributed by atoms with E-state index in [1.54, 1.807) is 26.0 Å². The van der Waals surface area contributed by atoms with Crippen molar-refractivity contribution in [3.05, 3.63) is 29.3 Å². The third-order valence-corrected chi connectivity index (χ3v) is 3.62. The van der Waals surface area contributed by atoms with Gasteiger partial charge in [0.2, 0.25) is 0 Å². The predicted molar refractivity (Wildman–Crippen MR) is 54.7 cm³/mol. The number of aryl methyl sites for hydroxylation is 1. The number of hydrogen-bond donors (Lipinski definition) is 0. The lowest BCUT2D eigenvalue weighted by Gasteiger charge is -2.08. The first-order valence-electron chi connectivity index (χ1n) is 4.44. The van der Waals surface area contributed by atoms with E-state index in [0.29, 0.717) is 0 Å². The molecule has 4 heteroatoms. The molecule has 78 valence electrons. The molecule has 0 aromatic heterocycles. The minimum atomic E-state index is -3.56. The van der Waals surface area contributed by atoms with E-state index in [1.807, 2.05) is 13.0 Å². The first kappa shape index (κ1) is 11.2. The van der Waals surface area contributed by atoms with Gasteiger partial charge in [0, 0.05) is 0 Å². The van der Waals surface area contributed by atoms with Gasteiger partial charge in [-0.3, -0.25) is 4.18 Å². The second-order valence-corrected chi connectivity index (χ2v) is 4.64. The van der Waals surface area contributed by atoms with E-state index in [4.69, 9.17) is 4.18 Å². The van der Waals surface area contributed by atoms with Crippen LogP contribution in [0, 0.1) is 13.8 Å². The molecular weight excluding hydrogens is 200 g/mol. The summed E-state index contributed by atoms with van der Waals surface area (Å²) in [6, 6.07) is 5.15. The van der Waals surface area contributed by atoms with Gasteiger partial charge < -0.3 is 0 Å². The molecule has 0 spiro atoms. The summed E-state index contributed by atoms with van der Waals surface area (Å²) in [7, 11) is -3.56. The highest BCUT2D eigenvalue weighted by molar-refractivity contribution is 7.86. The van der Waals surface area contributed by atoms with Gasteiger partial charge in [-0.15, -0.1) is 0 Å². The summed E-state index contributed by atoms with van der Waals surface area (Å²) >= 11 is 0. The molecule has 0 radical (unpaired) electrons. The molecule has 1 aromatic rings. The summed E-state index contributed by atoms with van der Waals surface area (Å²) in [5.41, 5.74) is 1.70. The van der Waals surface area contributed by atoms with Crippen molar-refractivity contribution in [1.82, 2.24) is 0 Å². The Morgan fingerprint density at radius 3 is 2.50 bits per heavy atom. The Balaban J connectivity index is 3.27. The molecule has 0 saturated heterocycles. The average Bonchev–Trinajstić information content (AvgIpc) is 2.09. The molecule has 0 atom stereocenters. The van der Waals surface area contributed by atoms with Crippen molar-refractivity contribution in [2.75, 3.05) is 6.61 Å². The topological polar surface area (TPSA) is 43.4 Å². The van der Waals surface area contributed by atoms with Crippen LogP contribution in [-0.4, -0.2) is 15.0 Å². The van der Waals surface area contributed by atoms with E-state index in [0.717, 1.165) is 11.1 Å². The monoisotopic (exact) mass is 214 g/mol. The third-order valence-electron chi connectivity index (χ3n) is 2.10. The molecular formula is C10H14O3S. The highest BCUT2D eigenvalue weighted by Crippen LogP contribution is 2.19. The molecule has 0 N–H and O–H groups in total. The van der Waals surface area contributed by atoms with Gasteiger partial charge in [0.1, 0.15) is 0 Å². The molecule has 14 heavy (non-hydrogen) atoms. The first-order chi connectivity index (χ1) is 6.49. The molecule has 0 aliphatic heterocycles. The molecule has 0 aliphatic carbocycles. The highest BCUT2D eigenvalue weighted by atomic mass is 32.2. The molecule has 0 aliphatic rings. The van der Waals surface area contributed by atoms with Gasteiger partial charge in [0.15, 0.2) is 0 Å². The Morgan fingerprint density at radius 2 is 1.93 bits per heavy atom. The number of rotatable bonds is 3. The van der Waals surface area contributed by atoms with Gasteiger partial charge in [-0.1, -0.05) is 12.1 Å². The number of hydrogen-bond acceptors (Lipinski definition) is 3. The fourth-order valence-corrected chi connectivity index (χ4v) is 2.43. The summed E-state index contributed by atoms with van der Waals surface area (Å²) in [6.45, 7) is 5.47. The molecule has 0 bridgehead atoms. The molecule has 0 heterocycles. The van der Waals surface area contributed by atoms with E-state index < -0.39 is 10.1 Å². The molecule has 3 nitrogen and oxygen atoms in total. The van der Waals surface area contributed by atoms with Crippen LogP contribution in [0.4, 0.5) is 0 Å². The summed E-state index contributed by atoms with van der Waals surface area (Å²) in [5, 5.41) is 0. The van der Waals surface area contributed by atoms with Gasteiger partial charge in [0.05, 0.1) is 11.5 Å². The van der Waals surface area contributed by atoms with Crippen molar-refractivity contribution in [2.45, 2.75) is 25.7 Å². The fraction of sp³-hybridized carbons (Fsp3) is 0.400. The van der Waals surface area contributed by atoms with E-state index in [2.05, 4.69) is 0 Å². The van der Waals surface area contributed by atoms with E-state index in [1.165, 1.54) is 0 Å². The summed E-state index contributed by atoms with van der Waals surface area (Å²) in [5.74, 6) is 0. The van der Waals surface area contributed by atoms with E-state index >= 15 is 0 Å². The lowest BCUT2D eigenvalue weighted by Crippen LogP contribution is -2.08. The highest BCUT2D eigenvalue weighted by Gasteiger charge is 2.17. The number of benzene rings is 1. The maximum Gasteiger partial charge on any atom is 0.297 e. The Morgan fingerprint density at radius 1 is 1.29 bits per heavy atom. The SMILES string of the molecule is CCOS(=O)(=O)c1cccc(C)c1C. The van der Waals surface area contributed by atoms with Crippen molar-refractivity contribution in [3.8, 4) is 0 Å². The van der Waals surface area contributed by atoms with Crippen LogP contribution in [0.15, 0.2) is 23.1 Å². The Bertz CT molecular complexity index is 421. The molecule has 1 rings (SSSR count). The van der Waals surface area contributed by atoms with Crippen molar-refractivity contribution >= 4 is 10.1 Å². The Hall–Kier alpha value is -0.870. The molecule has 0 unspecified atom stereocenters. The van der Waals surface area contributed by atoms with Crippen LogP contribution in [0.5, 0.6) is 0 Å². The molecule has 1 aromatic carbocycles. The van der Waals surface area contributed by atoms with Crippen LogP contribution in [0.2, 0.25) is 0 Å². The van der Waals surface area contributed by atoms with Gasteiger partial charge >= 0.3 is 0 Å². The van der Waals surface area contributed by atoms with Gasteiger partial charge in [-0.2, -0.15) is 8.42 Å². The minimum absolute atomic E-state index is 0.162. The second-order valence-electron chi connectivity index (χ2n) is 3.06. The minimum Gasteiger partial charge on any atom is -0.267 e. The Labute approximate surface area is 84.8 Å². The fourth-order valence-electron chi connectivity index (χ4n) is 1.21. The van der Waals surface area contributed by atoms with Crippen LogP contribution in [-0.2, 0) is 14.3 Å². The zero-order valence-electron chi connectivity index (χ0n) is 8.57. The van der Waals surface area contributed by atoms with Crippen molar-refractivity contribution < 1.29 is 12.6 Å². The summed E-state index contributed by atoms with van der Waals surface area (Å²) < 4.78 is 27.9. The van der Waals surface area contributed by atoms with E-state index in [9.17, 15) is 8.42 Å². The maximum absolute atomic E-state index is 11.6. The van der Waals surface area contributed by atoms with E-state index in [-0.39, 0.29) is 11.5 Å². The second kappa shape index (κ2) is 4.11. The zero-order valence-corrected chi connectivity index (χ0v) is 9.39. The average molecular weight is 214 g/mol. The van der Waals surface area contributed by atoms with Gasteiger partial charge in [-0.25, -0.2) is 0 Å². The van der Waals surface area contributed by atoms with Crippen LogP contribution in [0.3, 0.4) is 0 Å². The Kier molecular flexibility index (Phi) is 3.29. The van der Waals surface area contributed by atoms with Crippen LogP contribution in [0.1, 0.15) is 18.1 Å². The lowest BCUT2D eigenvalue weighted by molar-refractivity contribution is 0.338. The normalized spacial score (nSPS) is 11.6. The predicted octanol–water partition coefficient (Wildman–Crippen LogP) is 2.03. The summed E-state index contributed by atoms with van der Waals surface area (Å²) in [4.78, 5) is 0.263. The smallest absolute Gasteiger partial charge is 0.267 e. The third kappa shape index (κ3) is 2.13. The van der Waals surface area contributed by atoms with Crippen molar-refractivity contribution in [3.63, 3.8) is 0 Å². The lowest BCUT2D eigenvalue weighted by atomic mass is 10.1. The molecule has 0 saturated carbocycles. The van der Waals surface area contributed by atoms with Crippen LogP contribution in [0.25, 0.3) is 0 Å². The van der Waals surface area contributed by atoms with Gasteiger partial charge in [0.25, 0.3) is 10.1 Å². The largest absolute Gasteiger partial charge is 0.297 e. The standard InChI is InChI=1S/C10H14O3S/c1-4-13-14(11,12)10-7-5-6-8(2)9(10)3/h5-7H,4H2,1-3H3.